The molecule has 0 fully saturated rings. The van der Waals surface area contributed by atoms with Crippen LogP contribution in [0.2, 0.25) is 0 Å². The van der Waals surface area contributed by atoms with Gasteiger partial charge in [-0.1, -0.05) is 19.1 Å². The van der Waals surface area contributed by atoms with E-state index in [1.54, 1.807) is 6.07 Å². The van der Waals surface area contributed by atoms with Crippen LogP contribution in [0.15, 0.2) is 35.5 Å². The van der Waals surface area contributed by atoms with Crippen molar-refractivity contribution >= 4 is 11.7 Å². The Hall–Kier alpha value is -2.71. The molecule has 0 spiro atoms. The Kier molecular flexibility index (Phi) is 3.64. The fourth-order valence-electron chi connectivity index (χ4n) is 3.51. The highest BCUT2D eigenvalue weighted by Gasteiger charge is 2.43. The molecular formula is C17H14F4N4O. The second-order valence-electron chi connectivity index (χ2n) is 6.61. The van der Waals surface area contributed by atoms with Gasteiger partial charge >= 0.3 is 6.18 Å². The summed E-state index contributed by atoms with van der Waals surface area (Å²) in [5.41, 5.74) is 1.19. The van der Waals surface area contributed by atoms with Gasteiger partial charge in [-0.15, -0.1) is 5.10 Å². The zero-order valence-electron chi connectivity index (χ0n) is 13.6. The van der Waals surface area contributed by atoms with Crippen LogP contribution in [0.4, 0.5) is 23.5 Å². The molecule has 0 saturated carbocycles. The van der Waals surface area contributed by atoms with Crippen molar-refractivity contribution < 1.29 is 22.4 Å². The highest BCUT2D eigenvalue weighted by Crippen LogP contribution is 2.42. The van der Waals surface area contributed by atoms with Crippen molar-refractivity contribution in [2.75, 3.05) is 5.32 Å². The lowest BCUT2D eigenvalue weighted by atomic mass is 9.81. The van der Waals surface area contributed by atoms with E-state index in [0.29, 0.717) is 23.3 Å². The number of hydrogen-bond acceptors (Lipinski definition) is 4. The van der Waals surface area contributed by atoms with E-state index >= 15 is 0 Å². The number of fused-ring (bicyclic) bond motifs is 1. The number of hydrogen-bond donors (Lipinski definition) is 1. The topological polar surface area (TPSA) is 59.8 Å². The van der Waals surface area contributed by atoms with Crippen LogP contribution >= 0.6 is 0 Å². The summed E-state index contributed by atoms with van der Waals surface area (Å²) in [6, 6.07) is 4.50. The quantitative estimate of drug-likeness (QED) is 0.782. The fraction of sp³-hybridized carbons (Fsp3) is 0.353. The summed E-state index contributed by atoms with van der Waals surface area (Å²) in [6.07, 6.45) is -3.94. The normalized spacial score (nSPS) is 22.7. The molecule has 2 heterocycles. The third-order valence-electron chi connectivity index (χ3n) is 4.54. The number of ketones is 1. The maximum Gasteiger partial charge on any atom is 0.453 e. The van der Waals surface area contributed by atoms with Crippen molar-refractivity contribution in [3.63, 3.8) is 0 Å². The van der Waals surface area contributed by atoms with E-state index in [4.69, 9.17) is 0 Å². The number of Topliss-reactive ketones (excluding diaryl/α,β-unsaturated/α-hetero) is 1. The summed E-state index contributed by atoms with van der Waals surface area (Å²) >= 11 is 0. The summed E-state index contributed by atoms with van der Waals surface area (Å²) < 4.78 is 54.0. The third-order valence-corrected chi connectivity index (χ3v) is 4.54. The van der Waals surface area contributed by atoms with Crippen LogP contribution in [-0.4, -0.2) is 20.5 Å². The molecule has 0 unspecified atom stereocenters. The zero-order valence-corrected chi connectivity index (χ0v) is 13.6. The smallest absolute Gasteiger partial charge is 0.328 e. The second kappa shape index (κ2) is 5.65. The number of halogens is 4. The minimum Gasteiger partial charge on any atom is -0.328 e. The Morgan fingerprint density at radius 1 is 1.27 bits per heavy atom. The summed E-state index contributed by atoms with van der Waals surface area (Å²) in [5, 5.41) is 6.38. The number of nitrogens with zero attached hydrogens (tertiary/aromatic N) is 3. The summed E-state index contributed by atoms with van der Waals surface area (Å²) in [4.78, 5) is 16.2. The number of aromatic nitrogens is 3. The molecule has 1 aliphatic carbocycles. The standard InChI is InChI=1S/C17H14F4N4O/c1-8-5-11-13(12(26)6-8)14(9-3-2-4-10(18)7-9)25-16(22-11)23-15(24-25)17(19,20)21/h2-4,7-8,14H,5-6H2,1H3,(H,22,23,24)/t8-,14+/m0/s1. The molecule has 2 aliphatic rings. The molecule has 26 heavy (non-hydrogen) atoms. The number of alkyl halides is 3. The largest absolute Gasteiger partial charge is 0.453 e. The molecule has 0 amide bonds. The van der Waals surface area contributed by atoms with Gasteiger partial charge in [0.05, 0.1) is 0 Å². The number of nitrogens with one attached hydrogen (secondary N) is 1. The highest BCUT2D eigenvalue weighted by molar-refractivity contribution is 5.99. The second-order valence-corrected chi connectivity index (χ2v) is 6.61. The van der Waals surface area contributed by atoms with Gasteiger partial charge in [0.1, 0.15) is 11.9 Å². The van der Waals surface area contributed by atoms with E-state index in [0.717, 1.165) is 4.68 Å². The van der Waals surface area contributed by atoms with Gasteiger partial charge in [-0.25, -0.2) is 9.07 Å². The SMILES string of the molecule is C[C@@H]1CC(=O)C2=C(C1)Nc1nc(C(F)(F)F)nn1[C@@H]2c1cccc(F)c1. The number of benzene rings is 1. The number of allylic oxidation sites excluding steroid dienone is 2. The number of rotatable bonds is 1. The zero-order chi connectivity index (χ0) is 18.6. The van der Waals surface area contributed by atoms with E-state index in [1.807, 2.05) is 6.92 Å². The molecule has 136 valence electrons. The molecule has 0 saturated heterocycles. The molecule has 2 atom stereocenters. The first kappa shape index (κ1) is 16.7. The average Bonchev–Trinajstić information content (AvgIpc) is 2.96. The molecule has 1 aliphatic heterocycles. The number of carbonyl (C=O) groups is 1. The fourth-order valence-corrected chi connectivity index (χ4v) is 3.51. The van der Waals surface area contributed by atoms with E-state index in [2.05, 4.69) is 15.4 Å². The molecule has 9 heteroatoms. The first-order chi connectivity index (χ1) is 12.2. The number of carbonyl (C=O) groups excluding carboxylic acids is 1. The van der Waals surface area contributed by atoms with Crippen molar-refractivity contribution in [3.8, 4) is 0 Å². The van der Waals surface area contributed by atoms with Crippen molar-refractivity contribution in [1.82, 2.24) is 14.8 Å². The maximum absolute atomic E-state index is 13.7. The predicted molar refractivity (Wildman–Crippen MR) is 83.6 cm³/mol. The molecular weight excluding hydrogens is 352 g/mol. The van der Waals surface area contributed by atoms with Gasteiger partial charge in [-0.2, -0.15) is 18.2 Å². The van der Waals surface area contributed by atoms with Crippen molar-refractivity contribution in [1.29, 1.82) is 0 Å². The van der Waals surface area contributed by atoms with E-state index in [1.165, 1.54) is 18.2 Å². The van der Waals surface area contributed by atoms with Crippen LogP contribution in [0.3, 0.4) is 0 Å². The van der Waals surface area contributed by atoms with Gasteiger partial charge in [0, 0.05) is 17.7 Å². The van der Waals surface area contributed by atoms with E-state index in [9.17, 15) is 22.4 Å². The van der Waals surface area contributed by atoms with Crippen molar-refractivity contribution in [3.05, 3.63) is 52.7 Å². The minimum absolute atomic E-state index is 0.0541. The Labute approximate surface area is 145 Å². The van der Waals surface area contributed by atoms with Gasteiger partial charge in [-0.3, -0.25) is 4.79 Å². The summed E-state index contributed by atoms with van der Waals surface area (Å²) in [7, 11) is 0. The van der Waals surface area contributed by atoms with Gasteiger partial charge in [0.15, 0.2) is 5.78 Å². The Balaban J connectivity index is 1.92. The molecule has 1 aromatic carbocycles. The summed E-state index contributed by atoms with van der Waals surface area (Å²) in [6.45, 7) is 1.89. The maximum atomic E-state index is 13.7. The number of anilines is 1. The van der Waals surface area contributed by atoms with Crippen LogP contribution < -0.4 is 5.32 Å². The van der Waals surface area contributed by atoms with Crippen LogP contribution in [0.5, 0.6) is 0 Å². The molecule has 1 N–H and O–H groups in total. The molecule has 0 bridgehead atoms. The van der Waals surface area contributed by atoms with Gasteiger partial charge in [0.25, 0.3) is 5.82 Å². The first-order valence-corrected chi connectivity index (χ1v) is 8.06. The van der Waals surface area contributed by atoms with Gasteiger partial charge in [0.2, 0.25) is 5.95 Å². The Morgan fingerprint density at radius 3 is 2.73 bits per heavy atom. The van der Waals surface area contributed by atoms with Crippen LogP contribution in [0.25, 0.3) is 0 Å². The average molecular weight is 366 g/mol. The molecule has 1 aromatic heterocycles. The lowest BCUT2D eigenvalue weighted by Gasteiger charge is -2.34. The lowest BCUT2D eigenvalue weighted by molar-refractivity contribution is -0.145. The van der Waals surface area contributed by atoms with Crippen molar-refractivity contribution in [2.24, 2.45) is 5.92 Å². The highest BCUT2D eigenvalue weighted by atomic mass is 19.4. The van der Waals surface area contributed by atoms with Crippen molar-refractivity contribution in [2.45, 2.75) is 32.0 Å². The Bertz CT molecular complexity index is 931. The molecule has 4 rings (SSSR count). The minimum atomic E-state index is -4.73. The summed E-state index contributed by atoms with van der Waals surface area (Å²) in [5.74, 6) is -2.08. The predicted octanol–water partition coefficient (Wildman–Crippen LogP) is 3.70. The first-order valence-electron chi connectivity index (χ1n) is 8.06. The van der Waals surface area contributed by atoms with Gasteiger partial charge < -0.3 is 5.32 Å². The van der Waals surface area contributed by atoms with E-state index in [-0.39, 0.29) is 24.1 Å². The lowest BCUT2D eigenvalue weighted by Crippen LogP contribution is -2.33. The van der Waals surface area contributed by atoms with Gasteiger partial charge in [-0.05, 0) is 30.0 Å². The van der Waals surface area contributed by atoms with Crippen LogP contribution in [0, 0.1) is 11.7 Å². The third kappa shape index (κ3) is 2.67. The van der Waals surface area contributed by atoms with Crippen LogP contribution in [0.1, 0.15) is 37.2 Å². The molecule has 5 nitrogen and oxygen atoms in total. The molecule has 2 aromatic rings. The molecule has 0 radical (unpaired) electrons. The Morgan fingerprint density at radius 2 is 2.04 bits per heavy atom. The van der Waals surface area contributed by atoms with Crippen LogP contribution in [-0.2, 0) is 11.0 Å². The monoisotopic (exact) mass is 366 g/mol. The van der Waals surface area contributed by atoms with E-state index < -0.39 is 23.9 Å².